The fourth-order valence-corrected chi connectivity index (χ4v) is 38.8. The fraction of sp³-hybridized carbons (Fsp3) is 0.810. The molecular formula is C21H33O4P3S. The standard InChI is InChI=1S/C21H33O4P3S/c1-16(2,3)19-20(17(4,5)6)27-13(15(23)25-11)12(14(22)24-10)26(19)21(27,18(7,8)9)29-28(19)20/h1-11H3. The van der Waals surface area contributed by atoms with Gasteiger partial charge in [0.1, 0.15) is 0 Å². The maximum Gasteiger partial charge on any atom is 0.339 e. The summed E-state index contributed by atoms with van der Waals surface area (Å²) in [5, 5.41) is 1.42. The van der Waals surface area contributed by atoms with Crippen LogP contribution in [0.25, 0.3) is 0 Å². The van der Waals surface area contributed by atoms with E-state index in [4.69, 9.17) is 9.47 Å². The first-order valence-corrected chi connectivity index (χ1v) is 15.5. The van der Waals surface area contributed by atoms with Gasteiger partial charge < -0.3 is 9.47 Å². The van der Waals surface area contributed by atoms with Crippen molar-refractivity contribution in [2.45, 2.75) is 76.3 Å². The van der Waals surface area contributed by atoms with E-state index in [0.29, 0.717) is 10.6 Å². The first-order valence-electron chi connectivity index (χ1n) is 10.1. The van der Waals surface area contributed by atoms with Gasteiger partial charge in [0.15, 0.2) is 0 Å². The molecule has 0 aliphatic carbocycles. The third-order valence-electron chi connectivity index (χ3n) is 6.99. The number of carbonyl (C=O) groups is 2. The maximum atomic E-state index is 13.2. The Bertz CT molecular complexity index is 805. The fourth-order valence-electron chi connectivity index (χ4n) is 6.23. The molecular weight excluding hydrogens is 441 g/mol. The molecule has 0 saturated carbocycles. The predicted molar refractivity (Wildman–Crippen MR) is 126 cm³/mol. The molecule has 4 atom stereocenters. The van der Waals surface area contributed by atoms with Crippen molar-refractivity contribution < 1.29 is 19.1 Å². The molecule has 5 aliphatic heterocycles. The molecule has 0 aromatic heterocycles. The molecule has 162 valence electrons. The Balaban J connectivity index is 2.14. The van der Waals surface area contributed by atoms with Gasteiger partial charge >= 0.3 is 11.9 Å². The lowest BCUT2D eigenvalue weighted by molar-refractivity contribution is -0.138. The van der Waals surface area contributed by atoms with Crippen molar-refractivity contribution in [1.82, 2.24) is 0 Å². The minimum absolute atomic E-state index is 0.0127. The number of methoxy groups -OCH3 is 2. The highest BCUT2D eigenvalue weighted by Gasteiger charge is 3.05. The molecule has 0 radical (unpaired) electrons. The summed E-state index contributed by atoms with van der Waals surface area (Å²) in [5.41, 5.74) is 0.118. The Morgan fingerprint density at radius 2 is 1.07 bits per heavy atom. The number of rotatable bonds is 2. The molecule has 5 aliphatic rings. The van der Waals surface area contributed by atoms with E-state index in [1.165, 1.54) is 14.2 Å². The third kappa shape index (κ3) is 1.99. The molecule has 0 amide bonds. The molecule has 29 heavy (non-hydrogen) atoms. The zero-order valence-corrected chi connectivity index (χ0v) is 22.9. The van der Waals surface area contributed by atoms with Gasteiger partial charge in [-0.25, -0.2) is 9.59 Å². The maximum absolute atomic E-state index is 13.2. The van der Waals surface area contributed by atoms with Gasteiger partial charge in [-0.1, -0.05) is 62.3 Å². The quantitative estimate of drug-likeness (QED) is 0.323. The minimum atomic E-state index is -0.862. The highest BCUT2D eigenvalue weighted by Crippen LogP contribution is 3.31. The lowest BCUT2D eigenvalue weighted by Crippen LogP contribution is -2.42. The smallest absolute Gasteiger partial charge is 0.339 e. The summed E-state index contributed by atoms with van der Waals surface area (Å²) in [6, 6.07) is 0. The number of ether oxygens (including phenoxy) is 2. The molecule has 0 N–H and O–H groups in total. The van der Waals surface area contributed by atoms with Gasteiger partial charge in [-0.15, -0.1) is 11.4 Å². The van der Waals surface area contributed by atoms with Crippen LogP contribution in [0.1, 0.15) is 62.3 Å². The summed E-state index contributed by atoms with van der Waals surface area (Å²) >= 11 is 2.18. The summed E-state index contributed by atoms with van der Waals surface area (Å²) < 4.78 is 10.6. The molecule has 5 rings (SSSR count). The van der Waals surface area contributed by atoms with Gasteiger partial charge in [0, 0.05) is 9.79 Å². The zero-order chi connectivity index (χ0) is 22.2. The second kappa shape index (κ2) is 5.81. The summed E-state index contributed by atoms with van der Waals surface area (Å²) in [5.74, 6) is -0.601. The van der Waals surface area contributed by atoms with Gasteiger partial charge in [0.25, 0.3) is 0 Å². The average Bonchev–Trinajstić information content (AvgIpc) is 2.89. The van der Waals surface area contributed by atoms with E-state index < -0.39 is 15.8 Å². The molecule has 4 nitrogen and oxygen atoms in total. The summed E-state index contributed by atoms with van der Waals surface area (Å²) in [6.45, 7) is 21.1. The van der Waals surface area contributed by atoms with E-state index in [1.807, 2.05) is 0 Å². The monoisotopic (exact) mass is 474 g/mol. The van der Waals surface area contributed by atoms with Crippen molar-refractivity contribution in [1.29, 1.82) is 0 Å². The van der Waals surface area contributed by atoms with Crippen LogP contribution in [0, 0.1) is 16.2 Å². The van der Waals surface area contributed by atoms with E-state index in [9.17, 15) is 9.59 Å². The number of hydrogen-bond acceptors (Lipinski definition) is 5. The SMILES string of the molecule is COC(=O)C1=C(C(=O)OC)P2C3(C(C)(C)C)SP4C(C(C)(C)C)(P13)C24C(C)(C)C. The summed E-state index contributed by atoms with van der Waals surface area (Å²) in [7, 11) is 0.811. The van der Waals surface area contributed by atoms with Crippen LogP contribution < -0.4 is 0 Å². The summed E-state index contributed by atoms with van der Waals surface area (Å²) in [4.78, 5) is 26.6. The molecule has 0 spiro atoms. The van der Waals surface area contributed by atoms with Crippen molar-refractivity contribution >= 4 is 46.3 Å². The first kappa shape index (κ1) is 22.5. The van der Waals surface area contributed by atoms with E-state index in [1.54, 1.807) is 0 Å². The number of carbonyl (C=O) groups excluding carboxylic acids is 2. The minimum Gasteiger partial charge on any atom is -0.465 e. The number of hydrogen-bond donors (Lipinski definition) is 0. The van der Waals surface area contributed by atoms with E-state index >= 15 is 0 Å². The molecule has 5 heterocycles. The first-order chi connectivity index (χ1) is 13.0. The molecule has 4 unspecified atom stereocenters. The van der Waals surface area contributed by atoms with E-state index in [0.717, 1.165) is 0 Å². The second-order valence-electron chi connectivity index (χ2n) is 11.4. The Morgan fingerprint density at radius 1 is 0.724 bits per heavy atom. The molecule has 0 aromatic carbocycles. The highest BCUT2D eigenvalue weighted by atomic mass is 32.7. The summed E-state index contributed by atoms with van der Waals surface area (Å²) in [6.07, 6.45) is 0. The van der Waals surface area contributed by atoms with Crippen LogP contribution in [0.3, 0.4) is 0 Å². The van der Waals surface area contributed by atoms with Crippen LogP contribution in [-0.4, -0.2) is 40.2 Å². The largest absolute Gasteiger partial charge is 0.465 e. The van der Waals surface area contributed by atoms with Crippen LogP contribution in [0.15, 0.2) is 10.6 Å². The van der Waals surface area contributed by atoms with Crippen molar-refractivity contribution in [3.63, 3.8) is 0 Å². The Labute approximate surface area is 182 Å². The molecule has 8 heteroatoms. The van der Waals surface area contributed by atoms with Crippen molar-refractivity contribution in [2.24, 2.45) is 16.2 Å². The normalized spacial score (nSPS) is 42.4. The lowest BCUT2D eigenvalue weighted by Gasteiger charge is -2.43. The average molecular weight is 474 g/mol. The lowest BCUT2D eigenvalue weighted by atomic mass is 9.80. The Morgan fingerprint density at radius 3 is 1.31 bits per heavy atom. The van der Waals surface area contributed by atoms with Gasteiger partial charge in [-0.3, -0.25) is 0 Å². The van der Waals surface area contributed by atoms with Gasteiger partial charge in [0.2, 0.25) is 0 Å². The molecule has 0 aromatic rings. The van der Waals surface area contributed by atoms with Crippen LogP contribution >= 0.6 is 34.3 Å². The topological polar surface area (TPSA) is 52.6 Å². The van der Waals surface area contributed by atoms with Crippen LogP contribution in [0.5, 0.6) is 0 Å². The molecule has 4 fully saturated rings. The third-order valence-corrected chi connectivity index (χ3v) is 29.2. The van der Waals surface area contributed by atoms with Crippen LogP contribution in [0.2, 0.25) is 0 Å². The Hall–Kier alpha value is 0.320. The van der Waals surface area contributed by atoms with Crippen molar-refractivity contribution in [3.05, 3.63) is 10.6 Å². The zero-order valence-electron chi connectivity index (χ0n) is 19.4. The highest BCUT2D eigenvalue weighted by molar-refractivity contribution is 8.72. The van der Waals surface area contributed by atoms with Gasteiger partial charge in [0.05, 0.1) is 29.1 Å². The van der Waals surface area contributed by atoms with E-state index in [2.05, 4.69) is 73.7 Å². The van der Waals surface area contributed by atoms with Crippen molar-refractivity contribution in [2.75, 3.05) is 14.2 Å². The van der Waals surface area contributed by atoms with Crippen molar-refractivity contribution in [3.8, 4) is 0 Å². The van der Waals surface area contributed by atoms with Gasteiger partial charge in [-0.2, -0.15) is 0 Å². The molecule has 4 saturated heterocycles. The van der Waals surface area contributed by atoms with Crippen LogP contribution in [-0.2, 0) is 19.1 Å². The molecule has 6 bridgehead atoms. The van der Waals surface area contributed by atoms with E-state index in [-0.39, 0.29) is 49.3 Å². The van der Waals surface area contributed by atoms with Gasteiger partial charge in [-0.05, 0) is 39.2 Å². The second-order valence-corrected chi connectivity index (χ2v) is 22.4. The predicted octanol–water partition coefficient (Wildman–Crippen LogP) is 6.88. The Kier molecular flexibility index (Phi) is 4.51. The number of esters is 2. The van der Waals surface area contributed by atoms with Crippen LogP contribution in [0.4, 0.5) is 0 Å².